The lowest BCUT2D eigenvalue weighted by Crippen LogP contribution is -2.42. The summed E-state index contributed by atoms with van der Waals surface area (Å²) in [5.74, 6) is -3.19. The highest BCUT2D eigenvalue weighted by atomic mass is 19.1. The van der Waals surface area contributed by atoms with Gasteiger partial charge in [-0.2, -0.15) is 0 Å². The Morgan fingerprint density at radius 2 is 1.86 bits per heavy atom. The molecule has 0 saturated carbocycles. The van der Waals surface area contributed by atoms with Crippen LogP contribution >= 0.6 is 0 Å². The molecule has 1 aliphatic rings. The molecule has 1 aromatic rings. The number of hydrogen-bond acceptors (Lipinski definition) is 2. The normalized spacial score (nSPS) is 21.0. The lowest BCUT2D eigenvalue weighted by molar-refractivity contribution is -0.146. The first-order valence-corrected chi connectivity index (χ1v) is 7.00. The van der Waals surface area contributed by atoms with Crippen LogP contribution in [-0.4, -0.2) is 23.5 Å². The summed E-state index contributed by atoms with van der Waals surface area (Å²) in [5, 5.41) is 9.26. The van der Waals surface area contributed by atoms with Gasteiger partial charge in [-0.15, -0.1) is 0 Å². The minimum Gasteiger partial charge on any atom is -0.481 e. The Labute approximate surface area is 122 Å². The van der Waals surface area contributed by atoms with Crippen LogP contribution in [0.25, 0.3) is 0 Å². The molecule has 0 fully saturated rings. The number of anilines is 1. The number of carbonyl (C=O) groups is 2. The summed E-state index contributed by atoms with van der Waals surface area (Å²) in [6.45, 7) is 2.05. The van der Waals surface area contributed by atoms with Gasteiger partial charge in [-0.05, 0) is 31.9 Å². The summed E-state index contributed by atoms with van der Waals surface area (Å²) in [5.41, 5.74) is 0.198. The second-order valence-electron chi connectivity index (χ2n) is 5.03. The number of aliphatic carboxylic acids is 1. The fraction of sp³-hybridized carbons (Fsp3) is 0.375. The summed E-state index contributed by atoms with van der Waals surface area (Å²) >= 11 is 0. The maximum atomic E-state index is 13.9. The maximum absolute atomic E-state index is 13.9. The quantitative estimate of drug-likeness (QED) is 0.868. The second kappa shape index (κ2) is 6.52. The average Bonchev–Trinajstić information content (AvgIpc) is 2.49. The van der Waals surface area contributed by atoms with Crippen molar-refractivity contribution in [3.8, 4) is 0 Å². The van der Waals surface area contributed by atoms with E-state index in [0.717, 1.165) is 0 Å². The van der Waals surface area contributed by atoms with E-state index >= 15 is 0 Å². The number of nitrogens with zero attached hydrogens (tertiary/aromatic N) is 1. The van der Waals surface area contributed by atoms with Crippen molar-refractivity contribution in [1.29, 1.82) is 0 Å². The third kappa shape index (κ3) is 3.12. The van der Waals surface area contributed by atoms with Gasteiger partial charge in [0.2, 0.25) is 5.91 Å². The van der Waals surface area contributed by atoms with Gasteiger partial charge in [0.1, 0.15) is 5.82 Å². The van der Waals surface area contributed by atoms with E-state index in [1.807, 2.05) is 6.08 Å². The van der Waals surface area contributed by atoms with Crippen LogP contribution < -0.4 is 4.90 Å². The van der Waals surface area contributed by atoms with E-state index < -0.39 is 23.6 Å². The number of carbonyl (C=O) groups excluding carboxylic acids is 1. The Morgan fingerprint density at radius 3 is 2.43 bits per heavy atom. The highest BCUT2D eigenvalue weighted by molar-refractivity contribution is 5.97. The van der Waals surface area contributed by atoms with Gasteiger partial charge in [-0.25, -0.2) is 4.39 Å². The summed E-state index contributed by atoms with van der Waals surface area (Å²) in [7, 11) is 0. The van der Waals surface area contributed by atoms with E-state index in [1.165, 1.54) is 17.0 Å². The van der Waals surface area contributed by atoms with E-state index in [9.17, 15) is 19.1 Å². The van der Waals surface area contributed by atoms with Crippen molar-refractivity contribution in [2.75, 3.05) is 11.4 Å². The van der Waals surface area contributed by atoms with Crippen LogP contribution in [0.3, 0.4) is 0 Å². The highest BCUT2D eigenvalue weighted by Crippen LogP contribution is 2.30. The van der Waals surface area contributed by atoms with Gasteiger partial charge in [0.05, 0.1) is 17.5 Å². The first-order chi connectivity index (χ1) is 10.1. The largest absolute Gasteiger partial charge is 0.481 e. The molecule has 1 aliphatic carbocycles. The van der Waals surface area contributed by atoms with Gasteiger partial charge >= 0.3 is 5.97 Å². The van der Waals surface area contributed by atoms with Crippen molar-refractivity contribution < 1.29 is 19.1 Å². The van der Waals surface area contributed by atoms with Gasteiger partial charge in [-0.1, -0.05) is 24.3 Å². The molecule has 1 N–H and O–H groups in total. The number of carboxylic acid groups (broad SMARTS) is 1. The number of rotatable bonds is 4. The lowest BCUT2D eigenvalue weighted by Gasteiger charge is -2.30. The van der Waals surface area contributed by atoms with E-state index in [0.29, 0.717) is 19.4 Å². The van der Waals surface area contributed by atoms with Crippen LogP contribution in [0.4, 0.5) is 10.1 Å². The number of halogens is 1. The van der Waals surface area contributed by atoms with Crippen molar-refractivity contribution in [2.24, 2.45) is 11.8 Å². The number of allylic oxidation sites excluding steroid dienone is 2. The molecule has 4 nitrogen and oxygen atoms in total. The molecule has 0 aromatic heterocycles. The summed E-state index contributed by atoms with van der Waals surface area (Å²) in [4.78, 5) is 25.3. The van der Waals surface area contributed by atoms with E-state index in [4.69, 9.17) is 0 Å². The van der Waals surface area contributed by atoms with Crippen molar-refractivity contribution in [1.82, 2.24) is 0 Å². The number of carboxylic acids is 1. The Morgan fingerprint density at radius 1 is 1.24 bits per heavy atom. The van der Waals surface area contributed by atoms with Crippen LogP contribution in [0.15, 0.2) is 36.4 Å². The Bertz CT molecular complexity index is 570. The zero-order valence-electron chi connectivity index (χ0n) is 11.8. The van der Waals surface area contributed by atoms with Gasteiger partial charge in [0.15, 0.2) is 0 Å². The fourth-order valence-corrected chi connectivity index (χ4v) is 2.68. The zero-order valence-corrected chi connectivity index (χ0v) is 11.8. The average molecular weight is 291 g/mol. The summed E-state index contributed by atoms with van der Waals surface area (Å²) < 4.78 is 13.9. The monoisotopic (exact) mass is 291 g/mol. The minimum atomic E-state index is -0.984. The first-order valence-electron chi connectivity index (χ1n) is 7.00. The third-order valence-corrected chi connectivity index (χ3v) is 3.79. The standard InChI is InChI=1S/C16H18FNO3/c1-2-18(14-10-6-5-9-13(14)17)15(19)11-7-3-4-8-12(11)16(20)21/h3-6,9-12H,2,7-8H2,1H3,(H,20,21). The Balaban J connectivity index is 2.30. The van der Waals surface area contributed by atoms with Crippen molar-refractivity contribution >= 4 is 17.6 Å². The van der Waals surface area contributed by atoms with Crippen LogP contribution in [0.5, 0.6) is 0 Å². The van der Waals surface area contributed by atoms with Crippen molar-refractivity contribution in [3.05, 3.63) is 42.2 Å². The molecule has 5 heteroatoms. The van der Waals surface area contributed by atoms with Gasteiger partial charge in [0.25, 0.3) is 0 Å². The summed E-state index contributed by atoms with van der Waals surface area (Å²) in [6, 6.07) is 6.04. The predicted molar refractivity (Wildman–Crippen MR) is 77.4 cm³/mol. The van der Waals surface area contributed by atoms with Crippen molar-refractivity contribution in [3.63, 3.8) is 0 Å². The van der Waals surface area contributed by atoms with Gasteiger partial charge in [-0.3, -0.25) is 9.59 Å². The number of para-hydroxylation sites is 1. The molecule has 0 aliphatic heterocycles. The van der Waals surface area contributed by atoms with Gasteiger partial charge < -0.3 is 10.0 Å². The molecule has 0 radical (unpaired) electrons. The maximum Gasteiger partial charge on any atom is 0.307 e. The number of amides is 1. The van der Waals surface area contributed by atoms with E-state index in [1.54, 1.807) is 25.1 Å². The van der Waals surface area contributed by atoms with Gasteiger partial charge in [0, 0.05) is 6.54 Å². The SMILES string of the molecule is CCN(C(=O)C1CC=CCC1C(=O)O)c1ccccc1F. The van der Waals surface area contributed by atoms with Crippen LogP contribution in [0, 0.1) is 17.7 Å². The molecule has 0 heterocycles. The number of benzene rings is 1. The van der Waals surface area contributed by atoms with E-state index in [-0.39, 0.29) is 11.6 Å². The molecule has 21 heavy (non-hydrogen) atoms. The van der Waals surface area contributed by atoms with Crippen LogP contribution in [0.1, 0.15) is 19.8 Å². The predicted octanol–water partition coefficient (Wildman–Crippen LogP) is 2.85. The molecule has 0 saturated heterocycles. The topological polar surface area (TPSA) is 57.6 Å². The van der Waals surface area contributed by atoms with Crippen LogP contribution in [-0.2, 0) is 9.59 Å². The molecular weight excluding hydrogens is 273 g/mol. The molecule has 1 aromatic carbocycles. The number of hydrogen-bond donors (Lipinski definition) is 1. The highest BCUT2D eigenvalue weighted by Gasteiger charge is 2.36. The Kier molecular flexibility index (Phi) is 4.73. The Hall–Kier alpha value is -2.17. The summed E-state index contributed by atoms with van der Waals surface area (Å²) in [6.07, 6.45) is 4.31. The second-order valence-corrected chi connectivity index (χ2v) is 5.03. The van der Waals surface area contributed by atoms with Crippen molar-refractivity contribution in [2.45, 2.75) is 19.8 Å². The molecule has 0 bridgehead atoms. The molecule has 112 valence electrons. The molecule has 2 atom stereocenters. The minimum absolute atomic E-state index is 0.198. The molecule has 2 unspecified atom stereocenters. The molecule has 2 rings (SSSR count). The first kappa shape index (κ1) is 15.2. The molecular formula is C16H18FNO3. The molecule has 0 spiro atoms. The molecule has 1 amide bonds. The third-order valence-electron chi connectivity index (χ3n) is 3.79. The fourth-order valence-electron chi connectivity index (χ4n) is 2.68. The zero-order chi connectivity index (χ0) is 15.4. The lowest BCUT2D eigenvalue weighted by atomic mass is 9.82. The smallest absolute Gasteiger partial charge is 0.307 e. The van der Waals surface area contributed by atoms with Crippen LogP contribution in [0.2, 0.25) is 0 Å². The van der Waals surface area contributed by atoms with E-state index in [2.05, 4.69) is 0 Å².